The standard InChI is InChI=1S/C17H18BNO3.C17H10BrNO.C17H10ClNO.2C11H6ClNO/c1-16(2)17(3,4)22-18(21-16)11-7-8-13-12(10-11)15-14(20-13)6-5-9-19-15;18-13-4-1-3-11(9-13)12-6-7-15-14(10-12)17-16(20-15)5-2-8-19-17;18-14-10-12(11-5-2-1-3-6-11)9-13-16-15(20-17(13)14)7-4-8-19-16;12-7-3-4-8-10(6-7)14-9-2-1-5-13-11(8)9;12-7-5-10-11(13-6-7)8-3-1-2-4-9(8)14-10/h5-10H,1-4H3;2*1-10H;2*1-6H. The van der Waals surface area contributed by atoms with Gasteiger partial charge in [0.05, 0.1) is 21.2 Å². The van der Waals surface area contributed by atoms with Crippen LogP contribution in [0.15, 0.2) is 258 Å². The first-order valence-corrected chi connectivity index (χ1v) is 30.7. The van der Waals surface area contributed by atoms with E-state index in [0.29, 0.717) is 20.7 Å². The van der Waals surface area contributed by atoms with Gasteiger partial charge in [-0.15, -0.1) is 0 Å². The summed E-state index contributed by atoms with van der Waals surface area (Å²) in [5.74, 6) is 0. The molecule has 1 fully saturated rings. The highest BCUT2D eigenvalue weighted by atomic mass is 79.9. The van der Waals surface area contributed by atoms with E-state index in [1.165, 1.54) is 5.56 Å². The molecular weight excluding hydrogens is 1260 g/mol. The first-order valence-electron chi connectivity index (χ1n) is 28.7. The number of halogens is 4. The fraction of sp³-hybridized carbons (Fsp3) is 0.0822. The van der Waals surface area contributed by atoms with E-state index >= 15 is 0 Å². The SMILES string of the molecule is Brc1cccc(-c2ccc3oc4cccnc4c3c2)c1.CC1(C)OB(c2ccc3oc4cccnc4c3c2)OC1(C)C.Clc1cc(-c2ccccc2)cc2c1oc1cccnc12.Clc1ccc2c(c1)oc1cccnc12.Clc1cnc2c(c1)oc1ccccc12. The second-order valence-electron chi connectivity index (χ2n) is 22.3. The first kappa shape index (κ1) is 58.3. The van der Waals surface area contributed by atoms with Crippen molar-refractivity contribution >= 4 is 174 Å². The van der Waals surface area contributed by atoms with E-state index in [0.717, 1.165) is 131 Å². The Labute approximate surface area is 538 Å². The largest absolute Gasteiger partial charge is 0.494 e. The molecule has 0 aliphatic carbocycles. The van der Waals surface area contributed by atoms with Gasteiger partial charge in [0.1, 0.15) is 49.9 Å². The third-order valence-corrected chi connectivity index (χ3v) is 17.1. The zero-order valence-corrected chi connectivity index (χ0v) is 52.5. The molecule has 0 bridgehead atoms. The summed E-state index contributed by atoms with van der Waals surface area (Å²) in [7, 11) is -0.372. The number of furan rings is 5. The molecule has 0 saturated carbocycles. The van der Waals surface area contributed by atoms with Crippen LogP contribution in [0.1, 0.15) is 27.7 Å². The number of para-hydroxylation sites is 1. The molecule has 0 amide bonds. The Morgan fingerprint density at radius 3 is 1.50 bits per heavy atom. The molecule has 0 N–H and O–H groups in total. The average molecular weight is 1310 g/mol. The average Bonchev–Trinajstić information content (AvgIpc) is 1.73. The minimum atomic E-state index is -0.372. The van der Waals surface area contributed by atoms with Crippen LogP contribution in [0.3, 0.4) is 0 Å². The fourth-order valence-electron chi connectivity index (χ4n) is 10.8. The van der Waals surface area contributed by atoms with Gasteiger partial charge >= 0.3 is 7.12 Å². The van der Waals surface area contributed by atoms with Crippen LogP contribution in [-0.2, 0) is 9.31 Å². The minimum absolute atomic E-state index is 0.344. The van der Waals surface area contributed by atoms with Gasteiger partial charge in [0, 0.05) is 79.5 Å². The van der Waals surface area contributed by atoms with Crippen LogP contribution in [0.5, 0.6) is 0 Å². The second kappa shape index (κ2) is 24.2. The van der Waals surface area contributed by atoms with Crippen molar-refractivity contribution in [3.63, 3.8) is 0 Å². The van der Waals surface area contributed by atoms with Gasteiger partial charge < -0.3 is 31.4 Å². The molecule has 7 aromatic carbocycles. The maximum Gasteiger partial charge on any atom is 0.494 e. The molecule has 12 nitrogen and oxygen atoms in total. The Kier molecular flexibility index (Phi) is 15.7. The third kappa shape index (κ3) is 11.5. The summed E-state index contributed by atoms with van der Waals surface area (Å²) in [5.41, 5.74) is 17.1. The number of hydrogen-bond donors (Lipinski definition) is 0. The van der Waals surface area contributed by atoms with Gasteiger partial charge in [-0.1, -0.05) is 117 Å². The predicted octanol–water partition coefficient (Wildman–Crippen LogP) is 21.3. The van der Waals surface area contributed by atoms with E-state index < -0.39 is 0 Å². The summed E-state index contributed by atoms with van der Waals surface area (Å²) in [6.07, 6.45) is 8.72. The smallest absolute Gasteiger partial charge is 0.454 e. The van der Waals surface area contributed by atoms with Crippen molar-refractivity contribution in [1.82, 2.24) is 24.9 Å². The zero-order valence-electron chi connectivity index (χ0n) is 48.6. The molecule has 17 heteroatoms. The highest BCUT2D eigenvalue weighted by molar-refractivity contribution is 9.10. The third-order valence-electron chi connectivity index (χ3n) is 15.9. The summed E-state index contributed by atoms with van der Waals surface area (Å²) >= 11 is 21.6. The van der Waals surface area contributed by atoms with Gasteiger partial charge in [-0.2, -0.15) is 0 Å². The first-order chi connectivity index (χ1) is 43.7. The minimum Gasteiger partial charge on any atom is -0.454 e. The topological polar surface area (TPSA) is 149 Å². The summed E-state index contributed by atoms with van der Waals surface area (Å²) in [4.78, 5) is 21.7. The van der Waals surface area contributed by atoms with Crippen LogP contribution < -0.4 is 5.46 Å². The van der Waals surface area contributed by atoms with Crippen LogP contribution >= 0.6 is 50.7 Å². The Balaban J connectivity index is 0.0000000993. The van der Waals surface area contributed by atoms with Crippen LogP contribution in [0.2, 0.25) is 15.1 Å². The highest BCUT2D eigenvalue weighted by Crippen LogP contribution is 2.39. The molecule has 1 aliphatic heterocycles. The Morgan fingerprint density at radius 1 is 0.344 bits per heavy atom. The number of aromatic nitrogens is 5. The van der Waals surface area contributed by atoms with Gasteiger partial charge in [-0.25, -0.2) is 0 Å². The molecule has 0 spiro atoms. The number of benzene rings is 7. The molecule has 0 unspecified atom stereocenters. The zero-order chi connectivity index (χ0) is 61.7. The molecule has 0 atom stereocenters. The van der Waals surface area contributed by atoms with Crippen molar-refractivity contribution < 1.29 is 31.4 Å². The van der Waals surface area contributed by atoms with Gasteiger partial charge in [0.15, 0.2) is 33.5 Å². The molecule has 1 saturated heterocycles. The monoisotopic (exact) mass is 1300 g/mol. The normalized spacial score (nSPS) is 13.4. The molecule has 440 valence electrons. The lowest BCUT2D eigenvalue weighted by Gasteiger charge is -2.32. The van der Waals surface area contributed by atoms with Crippen molar-refractivity contribution in [3.8, 4) is 22.3 Å². The molecule has 17 aromatic rings. The van der Waals surface area contributed by atoms with Crippen molar-refractivity contribution in [3.05, 3.63) is 251 Å². The summed E-state index contributed by atoms with van der Waals surface area (Å²) < 4.78 is 41.9. The lowest BCUT2D eigenvalue weighted by Crippen LogP contribution is -2.41. The Bertz CT molecular complexity index is 5380. The van der Waals surface area contributed by atoms with E-state index in [1.54, 1.807) is 43.1 Å². The molecular formula is C73H50BBrCl3N5O7. The number of nitrogens with zero attached hydrogens (tertiary/aromatic N) is 5. The lowest BCUT2D eigenvalue weighted by molar-refractivity contribution is 0.00578. The van der Waals surface area contributed by atoms with E-state index in [9.17, 15) is 0 Å². The second-order valence-corrected chi connectivity index (χ2v) is 24.5. The van der Waals surface area contributed by atoms with Crippen LogP contribution in [0, 0.1) is 0 Å². The predicted molar refractivity (Wildman–Crippen MR) is 367 cm³/mol. The van der Waals surface area contributed by atoms with Gasteiger partial charge in [-0.3, -0.25) is 24.9 Å². The molecule has 11 heterocycles. The van der Waals surface area contributed by atoms with E-state index in [4.69, 9.17) is 66.2 Å². The van der Waals surface area contributed by atoms with Crippen LogP contribution in [0.25, 0.3) is 133 Å². The van der Waals surface area contributed by atoms with Crippen LogP contribution in [-0.4, -0.2) is 43.2 Å². The van der Waals surface area contributed by atoms with Gasteiger partial charge in [0.2, 0.25) is 0 Å². The summed E-state index contributed by atoms with van der Waals surface area (Å²) in [6.45, 7) is 8.22. The van der Waals surface area contributed by atoms with Crippen molar-refractivity contribution in [1.29, 1.82) is 0 Å². The molecule has 1 aliphatic rings. The van der Waals surface area contributed by atoms with E-state index in [2.05, 4.69) is 117 Å². The summed E-state index contributed by atoms with van der Waals surface area (Å²) in [6, 6.07) is 65.0. The van der Waals surface area contributed by atoms with E-state index in [-0.39, 0.29) is 18.3 Å². The van der Waals surface area contributed by atoms with Gasteiger partial charge in [0.25, 0.3) is 0 Å². The van der Waals surface area contributed by atoms with Crippen molar-refractivity contribution in [2.75, 3.05) is 0 Å². The molecule has 10 aromatic heterocycles. The van der Waals surface area contributed by atoms with E-state index in [1.807, 2.05) is 140 Å². The molecule has 90 heavy (non-hydrogen) atoms. The molecule has 18 rings (SSSR count). The summed E-state index contributed by atoms with van der Waals surface area (Å²) in [5, 5.41) is 6.91. The maximum absolute atomic E-state index is 6.36. The van der Waals surface area contributed by atoms with Gasteiger partial charge in [-0.05, 0) is 177 Å². The number of fused-ring (bicyclic) bond motifs is 15. The maximum atomic E-state index is 6.36. The quantitative estimate of drug-likeness (QED) is 0.155. The number of hydrogen-bond acceptors (Lipinski definition) is 12. The lowest BCUT2D eigenvalue weighted by atomic mass is 9.78. The Morgan fingerprint density at radius 2 is 0.833 bits per heavy atom. The Hall–Kier alpha value is -9.38. The number of pyridine rings is 5. The van der Waals surface area contributed by atoms with Crippen molar-refractivity contribution in [2.45, 2.75) is 38.9 Å². The highest BCUT2D eigenvalue weighted by Gasteiger charge is 2.51. The molecule has 0 radical (unpaired) electrons. The fourth-order valence-corrected chi connectivity index (χ4v) is 11.7. The van der Waals surface area contributed by atoms with Crippen molar-refractivity contribution in [2.24, 2.45) is 0 Å². The van der Waals surface area contributed by atoms with Crippen LogP contribution in [0.4, 0.5) is 0 Å². The number of rotatable bonds is 3.